The summed E-state index contributed by atoms with van der Waals surface area (Å²) in [7, 11) is 0. The Labute approximate surface area is 266 Å². The molecule has 232 valence electrons. The third kappa shape index (κ3) is 8.09. The van der Waals surface area contributed by atoms with E-state index in [0.717, 1.165) is 0 Å². The number of phenolic OH excluding ortho intramolecular Hbond substituents is 1. The number of allylic oxidation sites excluding steroid dienone is 1. The molecule has 0 aromatic heterocycles. The summed E-state index contributed by atoms with van der Waals surface area (Å²) in [5.74, 6) is -0.371. The molecule has 9 heteroatoms. The number of fused-ring (bicyclic) bond motifs is 1. The first-order valence-electron chi connectivity index (χ1n) is 14.7. The smallest absolute Gasteiger partial charge is 0.414 e. The van der Waals surface area contributed by atoms with E-state index in [-0.39, 0.29) is 11.7 Å². The van der Waals surface area contributed by atoms with Gasteiger partial charge in [-0.05, 0) is 66.8 Å². The van der Waals surface area contributed by atoms with Gasteiger partial charge in [0.15, 0.2) is 6.10 Å². The Morgan fingerprint density at radius 1 is 0.783 bits per heavy atom. The SMILES string of the molecule is Nc1ccccc1NC(=O)/C=C/CC[C@@H](Oc1ccccc1)[C@H](OC(=O)NC(=O)c1ccccc1)c1ccc(O)c2ccccc12. The van der Waals surface area contributed by atoms with E-state index in [9.17, 15) is 19.5 Å². The Balaban J connectivity index is 1.43. The fourth-order valence-corrected chi connectivity index (χ4v) is 4.98. The number of aromatic hydroxyl groups is 1. The van der Waals surface area contributed by atoms with Gasteiger partial charge in [-0.15, -0.1) is 0 Å². The van der Waals surface area contributed by atoms with Crippen LogP contribution in [0.2, 0.25) is 0 Å². The lowest BCUT2D eigenvalue weighted by molar-refractivity contribution is -0.111. The van der Waals surface area contributed by atoms with E-state index in [1.807, 2.05) is 30.3 Å². The number of phenols is 1. The number of alkyl carbamates (subject to hydrolysis) is 1. The lowest BCUT2D eigenvalue weighted by Crippen LogP contribution is -2.36. The second-order valence-corrected chi connectivity index (χ2v) is 10.4. The normalized spacial score (nSPS) is 12.3. The van der Waals surface area contributed by atoms with Gasteiger partial charge in [-0.2, -0.15) is 0 Å². The topological polar surface area (TPSA) is 140 Å². The number of rotatable bonds is 11. The van der Waals surface area contributed by atoms with E-state index < -0.39 is 24.2 Å². The number of nitrogens with two attached hydrogens (primary N) is 1. The van der Waals surface area contributed by atoms with Crippen molar-refractivity contribution in [1.82, 2.24) is 5.32 Å². The van der Waals surface area contributed by atoms with E-state index >= 15 is 0 Å². The van der Waals surface area contributed by atoms with Gasteiger partial charge in [-0.1, -0.05) is 84.9 Å². The highest BCUT2D eigenvalue weighted by Gasteiger charge is 2.31. The van der Waals surface area contributed by atoms with Crippen molar-refractivity contribution >= 4 is 40.1 Å². The van der Waals surface area contributed by atoms with Crippen molar-refractivity contribution in [3.8, 4) is 11.5 Å². The number of nitrogens with one attached hydrogen (secondary N) is 2. The first kappa shape index (κ1) is 31.3. The molecule has 0 aliphatic heterocycles. The summed E-state index contributed by atoms with van der Waals surface area (Å²) in [6.45, 7) is 0. The minimum Gasteiger partial charge on any atom is -0.507 e. The molecule has 0 radical (unpaired) electrons. The molecule has 2 atom stereocenters. The number of hydrogen-bond donors (Lipinski definition) is 4. The molecular formula is C37H33N3O6. The largest absolute Gasteiger partial charge is 0.507 e. The Hall–Kier alpha value is -6.09. The molecule has 0 saturated heterocycles. The van der Waals surface area contributed by atoms with Crippen LogP contribution < -0.4 is 21.1 Å². The zero-order valence-corrected chi connectivity index (χ0v) is 24.8. The van der Waals surface area contributed by atoms with Gasteiger partial charge in [0, 0.05) is 16.5 Å². The first-order chi connectivity index (χ1) is 22.4. The third-order valence-electron chi connectivity index (χ3n) is 7.20. The number of carbonyl (C=O) groups excluding carboxylic acids is 3. The zero-order chi connectivity index (χ0) is 32.3. The molecule has 5 N–H and O–H groups in total. The second-order valence-electron chi connectivity index (χ2n) is 10.4. The van der Waals surface area contributed by atoms with Gasteiger partial charge in [0.25, 0.3) is 5.91 Å². The summed E-state index contributed by atoms with van der Waals surface area (Å²) in [5, 5.41) is 16.8. The molecule has 0 fully saturated rings. The number of carbonyl (C=O) groups is 3. The van der Waals surface area contributed by atoms with E-state index in [1.165, 1.54) is 12.1 Å². The van der Waals surface area contributed by atoms with Crippen molar-refractivity contribution in [3.05, 3.63) is 145 Å². The van der Waals surface area contributed by atoms with Crippen LogP contribution in [0.5, 0.6) is 11.5 Å². The van der Waals surface area contributed by atoms with E-state index in [2.05, 4.69) is 10.6 Å². The van der Waals surface area contributed by atoms with Crippen LogP contribution in [0.4, 0.5) is 16.2 Å². The highest BCUT2D eigenvalue weighted by molar-refractivity contribution is 6.03. The number of ether oxygens (including phenoxy) is 2. The summed E-state index contributed by atoms with van der Waals surface area (Å²) in [6.07, 6.45) is 1.02. The number of nitrogen functional groups attached to an aromatic ring is 1. The third-order valence-corrected chi connectivity index (χ3v) is 7.20. The number of anilines is 2. The molecule has 5 rings (SSSR count). The maximum absolute atomic E-state index is 13.3. The number of para-hydroxylation sites is 3. The maximum atomic E-state index is 13.3. The van der Waals surface area contributed by atoms with Gasteiger partial charge in [0.05, 0.1) is 11.4 Å². The van der Waals surface area contributed by atoms with Crippen LogP contribution in [-0.4, -0.2) is 29.1 Å². The van der Waals surface area contributed by atoms with Crippen molar-refractivity contribution in [1.29, 1.82) is 0 Å². The Bertz CT molecular complexity index is 1840. The lowest BCUT2D eigenvalue weighted by atomic mass is 9.94. The van der Waals surface area contributed by atoms with E-state index in [4.69, 9.17) is 15.2 Å². The summed E-state index contributed by atoms with van der Waals surface area (Å²) >= 11 is 0. The lowest BCUT2D eigenvalue weighted by Gasteiger charge is -2.29. The molecule has 3 amide bonds. The second kappa shape index (κ2) is 15.1. The Morgan fingerprint density at radius 2 is 1.43 bits per heavy atom. The summed E-state index contributed by atoms with van der Waals surface area (Å²) in [5.41, 5.74) is 7.76. The molecule has 0 heterocycles. The first-order valence-corrected chi connectivity index (χ1v) is 14.7. The maximum Gasteiger partial charge on any atom is 0.414 e. The molecule has 46 heavy (non-hydrogen) atoms. The Kier molecular flexibility index (Phi) is 10.3. The van der Waals surface area contributed by atoms with Crippen LogP contribution in [0.15, 0.2) is 133 Å². The van der Waals surface area contributed by atoms with Crippen molar-refractivity contribution in [2.45, 2.75) is 25.0 Å². The highest BCUT2D eigenvalue weighted by atomic mass is 16.6. The predicted octanol–water partition coefficient (Wildman–Crippen LogP) is 7.16. The van der Waals surface area contributed by atoms with Gasteiger partial charge >= 0.3 is 6.09 Å². The summed E-state index contributed by atoms with van der Waals surface area (Å²) in [4.78, 5) is 38.6. The van der Waals surface area contributed by atoms with Crippen LogP contribution >= 0.6 is 0 Å². The molecule has 9 nitrogen and oxygen atoms in total. The quantitative estimate of drug-likeness (QED) is 0.0913. The average Bonchev–Trinajstić information content (AvgIpc) is 3.07. The van der Waals surface area contributed by atoms with Crippen LogP contribution in [0.25, 0.3) is 10.8 Å². The van der Waals surface area contributed by atoms with Crippen molar-refractivity contribution in [2.24, 2.45) is 0 Å². The van der Waals surface area contributed by atoms with Gasteiger partial charge in [-0.25, -0.2) is 4.79 Å². The van der Waals surface area contributed by atoms with Crippen LogP contribution in [0.3, 0.4) is 0 Å². The van der Waals surface area contributed by atoms with Gasteiger partial charge < -0.3 is 25.6 Å². The fourth-order valence-electron chi connectivity index (χ4n) is 4.98. The number of amides is 3. The fraction of sp³-hybridized carbons (Fsp3) is 0.108. The predicted molar refractivity (Wildman–Crippen MR) is 177 cm³/mol. The van der Waals surface area contributed by atoms with Crippen LogP contribution in [0, 0.1) is 0 Å². The van der Waals surface area contributed by atoms with Crippen LogP contribution in [0.1, 0.15) is 34.9 Å². The van der Waals surface area contributed by atoms with Gasteiger partial charge in [0.2, 0.25) is 5.91 Å². The molecule has 5 aromatic rings. The van der Waals surface area contributed by atoms with Crippen molar-refractivity contribution < 1.29 is 29.0 Å². The van der Waals surface area contributed by atoms with Crippen molar-refractivity contribution in [2.75, 3.05) is 11.1 Å². The van der Waals surface area contributed by atoms with E-state index in [0.29, 0.717) is 51.9 Å². The molecule has 0 spiro atoms. The van der Waals surface area contributed by atoms with Gasteiger partial charge in [-0.3, -0.25) is 14.9 Å². The van der Waals surface area contributed by atoms with Gasteiger partial charge in [0.1, 0.15) is 17.6 Å². The Morgan fingerprint density at radius 3 is 2.17 bits per heavy atom. The zero-order valence-electron chi connectivity index (χ0n) is 24.8. The molecule has 0 saturated carbocycles. The van der Waals surface area contributed by atoms with Crippen molar-refractivity contribution in [3.63, 3.8) is 0 Å². The standard InChI is InChI=1S/C37H33N3O6/c38-30-19-9-10-20-31(30)39-34(42)22-12-11-21-33(45-26-15-5-2-6-16-26)35(29-23-24-32(41)28-18-8-7-17-27(28)29)46-37(44)40-36(43)25-13-3-1-4-14-25/h1-10,12-20,22-24,33,35,41H,11,21,38H2,(H,39,42)(H,40,43,44)/b22-12+/t33-,35-/m1/s1. The molecule has 0 aliphatic rings. The minimum absolute atomic E-state index is 0.0651. The molecule has 0 aliphatic carbocycles. The molecule has 0 bridgehead atoms. The van der Waals surface area contributed by atoms with Crippen LogP contribution in [-0.2, 0) is 9.53 Å². The number of benzene rings is 5. The number of imide groups is 1. The highest BCUT2D eigenvalue weighted by Crippen LogP contribution is 2.36. The average molecular weight is 616 g/mol. The summed E-state index contributed by atoms with van der Waals surface area (Å²) < 4.78 is 12.4. The number of hydrogen-bond acceptors (Lipinski definition) is 7. The minimum atomic E-state index is -1.03. The molecule has 5 aromatic carbocycles. The monoisotopic (exact) mass is 615 g/mol. The molecular weight excluding hydrogens is 582 g/mol. The van der Waals surface area contributed by atoms with E-state index in [1.54, 1.807) is 91.0 Å². The summed E-state index contributed by atoms with van der Waals surface area (Å²) in [6, 6.07) is 34.7. The molecule has 0 unspecified atom stereocenters.